The molecule has 1 amide bonds. The highest BCUT2D eigenvalue weighted by Gasteiger charge is 2.31. The highest BCUT2D eigenvalue weighted by atomic mass is 32.1. The molecule has 3 aromatic rings. The SMILES string of the molecule is O=C(NN=Cc1cccs1)c1cc2cc(OC(F)(F)F)ccc2[nH]1. The molecule has 0 fully saturated rings. The number of fused-ring (bicyclic) bond motifs is 1. The number of amides is 1. The summed E-state index contributed by atoms with van der Waals surface area (Å²) in [5, 5.41) is 6.12. The summed E-state index contributed by atoms with van der Waals surface area (Å²) in [6.45, 7) is 0. The molecule has 0 atom stereocenters. The van der Waals surface area contributed by atoms with E-state index >= 15 is 0 Å². The summed E-state index contributed by atoms with van der Waals surface area (Å²) in [7, 11) is 0. The number of carbonyl (C=O) groups excluding carboxylic acids is 1. The standard InChI is InChI=1S/C15H10F3N3O2S/c16-15(17,18)23-10-3-4-12-9(6-10)7-13(20-12)14(22)21-19-8-11-2-1-5-24-11/h1-8,20H,(H,21,22). The van der Waals surface area contributed by atoms with Crippen LogP contribution in [0.25, 0.3) is 10.9 Å². The molecule has 0 bridgehead atoms. The van der Waals surface area contributed by atoms with E-state index in [1.807, 2.05) is 17.5 Å². The zero-order valence-electron chi connectivity index (χ0n) is 11.9. The molecule has 0 aliphatic carbocycles. The van der Waals surface area contributed by atoms with Crippen LogP contribution in [-0.4, -0.2) is 23.5 Å². The second kappa shape index (κ2) is 6.36. The third kappa shape index (κ3) is 3.93. The van der Waals surface area contributed by atoms with Crippen molar-refractivity contribution in [2.45, 2.75) is 6.36 Å². The normalized spacial score (nSPS) is 12.0. The summed E-state index contributed by atoms with van der Waals surface area (Å²) in [5.41, 5.74) is 3.03. The number of rotatable bonds is 4. The van der Waals surface area contributed by atoms with E-state index in [9.17, 15) is 18.0 Å². The van der Waals surface area contributed by atoms with Crippen molar-refractivity contribution < 1.29 is 22.7 Å². The maximum Gasteiger partial charge on any atom is 0.573 e. The summed E-state index contributed by atoms with van der Waals surface area (Å²) in [6.07, 6.45) is -3.26. The van der Waals surface area contributed by atoms with Crippen LogP contribution in [0.2, 0.25) is 0 Å². The summed E-state index contributed by atoms with van der Waals surface area (Å²) < 4.78 is 40.5. The molecule has 9 heteroatoms. The van der Waals surface area contributed by atoms with E-state index in [4.69, 9.17) is 0 Å². The van der Waals surface area contributed by atoms with Gasteiger partial charge < -0.3 is 9.72 Å². The van der Waals surface area contributed by atoms with Crippen molar-refractivity contribution in [2.24, 2.45) is 5.10 Å². The number of nitrogens with one attached hydrogen (secondary N) is 2. The van der Waals surface area contributed by atoms with Gasteiger partial charge in [-0.3, -0.25) is 4.79 Å². The number of thiophene rings is 1. The Kier molecular flexibility index (Phi) is 4.26. The zero-order chi connectivity index (χ0) is 17.2. The van der Waals surface area contributed by atoms with Crippen LogP contribution in [0.3, 0.4) is 0 Å². The van der Waals surface area contributed by atoms with E-state index in [1.165, 1.54) is 41.8 Å². The number of H-pyrrole nitrogens is 1. The molecule has 0 aliphatic heterocycles. The number of ether oxygens (including phenoxy) is 1. The number of hydrazone groups is 1. The molecule has 0 spiro atoms. The fourth-order valence-electron chi connectivity index (χ4n) is 2.01. The minimum Gasteiger partial charge on any atom is -0.406 e. The Labute approximate surface area is 137 Å². The number of halogens is 3. The third-order valence-electron chi connectivity index (χ3n) is 2.97. The Morgan fingerprint density at radius 3 is 2.83 bits per heavy atom. The first kappa shape index (κ1) is 16.1. The lowest BCUT2D eigenvalue weighted by Crippen LogP contribution is -2.17. The van der Waals surface area contributed by atoms with Crippen molar-refractivity contribution in [1.29, 1.82) is 0 Å². The first-order valence-corrected chi connectivity index (χ1v) is 7.54. The maximum atomic E-state index is 12.2. The van der Waals surface area contributed by atoms with Crippen molar-refractivity contribution >= 4 is 34.4 Å². The molecule has 24 heavy (non-hydrogen) atoms. The Bertz CT molecular complexity index is 885. The molecule has 1 aromatic carbocycles. The summed E-state index contributed by atoms with van der Waals surface area (Å²) in [6, 6.07) is 8.89. The van der Waals surface area contributed by atoms with Crippen LogP contribution >= 0.6 is 11.3 Å². The molecular formula is C15H10F3N3O2S. The van der Waals surface area contributed by atoms with Gasteiger partial charge in [0, 0.05) is 15.8 Å². The van der Waals surface area contributed by atoms with Crippen LogP contribution in [0, 0.1) is 0 Å². The monoisotopic (exact) mass is 353 g/mol. The van der Waals surface area contributed by atoms with Crippen molar-refractivity contribution in [3.8, 4) is 5.75 Å². The largest absolute Gasteiger partial charge is 0.573 e. The number of aromatic amines is 1. The van der Waals surface area contributed by atoms with Crippen LogP contribution in [-0.2, 0) is 0 Å². The van der Waals surface area contributed by atoms with Gasteiger partial charge in [-0.05, 0) is 35.7 Å². The van der Waals surface area contributed by atoms with Crippen LogP contribution in [0.4, 0.5) is 13.2 Å². The molecule has 3 rings (SSSR count). The molecule has 0 unspecified atom stereocenters. The number of hydrogen-bond donors (Lipinski definition) is 2. The van der Waals surface area contributed by atoms with Crippen molar-refractivity contribution in [2.75, 3.05) is 0 Å². The summed E-state index contributed by atoms with van der Waals surface area (Å²) >= 11 is 1.47. The topological polar surface area (TPSA) is 66.5 Å². The van der Waals surface area contributed by atoms with E-state index in [-0.39, 0.29) is 11.4 Å². The highest BCUT2D eigenvalue weighted by Crippen LogP contribution is 2.26. The average molecular weight is 353 g/mol. The van der Waals surface area contributed by atoms with Crippen LogP contribution < -0.4 is 10.2 Å². The predicted octanol–water partition coefficient (Wildman–Crippen LogP) is 3.89. The number of carbonyl (C=O) groups is 1. The van der Waals surface area contributed by atoms with Gasteiger partial charge in [0.15, 0.2) is 0 Å². The zero-order valence-corrected chi connectivity index (χ0v) is 12.7. The van der Waals surface area contributed by atoms with Crippen LogP contribution in [0.1, 0.15) is 15.4 Å². The third-order valence-corrected chi connectivity index (χ3v) is 3.78. The molecule has 2 N–H and O–H groups in total. The maximum absolute atomic E-state index is 12.2. The van der Waals surface area contributed by atoms with Gasteiger partial charge in [-0.15, -0.1) is 24.5 Å². The first-order valence-electron chi connectivity index (χ1n) is 6.66. The fourth-order valence-corrected chi connectivity index (χ4v) is 2.59. The average Bonchev–Trinajstić information content (AvgIpc) is 3.13. The van der Waals surface area contributed by atoms with E-state index < -0.39 is 12.3 Å². The number of alkyl halides is 3. The number of nitrogens with zero attached hydrogens (tertiary/aromatic N) is 1. The van der Waals surface area contributed by atoms with Gasteiger partial charge in [0.1, 0.15) is 11.4 Å². The number of benzene rings is 1. The highest BCUT2D eigenvalue weighted by molar-refractivity contribution is 7.11. The van der Waals surface area contributed by atoms with Crippen LogP contribution in [0.15, 0.2) is 46.9 Å². The predicted molar refractivity (Wildman–Crippen MR) is 84.4 cm³/mol. The van der Waals surface area contributed by atoms with Crippen molar-refractivity contribution in [3.63, 3.8) is 0 Å². The van der Waals surface area contributed by atoms with Gasteiger partial charge in [0.2, 0.25) is 0 Å². The molecular weight excluding hydrogens is 343 g/mol. The van der Waals surface area contributed by atoms with Gasteiger partial charge >= 0.3 is 6.36 Å². The van der Waals surface area contributed by atoms with Gasteiger partial charge in [-0.25, -0.2) is 5.43 Å². The Morgan fingerprint density at radius 1 is 1.29 bits per heavy atom. The summed E-state index contributed by atoms with van der Waals surface area (Å²) in [5.74, 6) is -0.853. The Balaban J connectivity index is 1.73. The minimum absolute atomic E-state index is 0.178. The lowest BCUT2D eigenvalue weighted by atomic mass is 10.2. The molecule has 0 aliphatic rings. The van der Waals surface area contributed by atoms with E-state index in [0.29, 0.717) is 10.9 Å². The van der Waals surface area contributed by atoms with Crippen molar-refractivity contribution in [3.05, 3.63) is 52.3 Å². The number of aromatic nitrogens is 1. The van der Waals surface area contributed by atoms with Gasteiger partial charge in [-0.1, -0.05) is 6.07 Å². The molecule has 2 heterocycles. The smallest absolute Gasteiger partial charge is 0.406 e. The van der Waals surface area contributed by atoms with E-state index in [2.05, 4.69) is 20.2 Å². The quantitative estimate of drug-likeness (QED) is 0.552. The van der Waals surface area contributed by atoms with E-state index in [1.54, 1.807) is 0 Å². The number of hydrogen-bond acceptors (Lipinski definition) is 4. The lowest BCUT2D eigenvalue weighted by molar-refractivity contribution is -0.274. The van der Waals surface area contributed by atoms with Gasteiger partial charge in [-0.2, -0.15) is 5.10 Å². The van der Waals surface area contributed by atoms with E-state index in [0.717, 1.165) is 4.88 Å². The molecule has 124 valence electrons. The molecule has 0 radical (unpaired) electrons. The van der Waals surface area contributed by atoms with Crippen molar-refractivity contribution in [1.82, 2.24) is 10.4 Å². The second-order valence-corrected chi connectivity index (χ2v) is 5.67. The van der Waals surface area contributed by atoms with Gasteiger partial charge in [0.05, 0.1) is 6.21 Å². The first-order chi connectivity index (χ1) is 11.4. The molecule has 0 saturated carbocycles. The van der Waals surface area contributed by atoms with Gasteiger partial charge in [0.25, 0.3) is 5.91 Å². The summed E-state index contributed by atoms with van der Waals surface area (Å²) in [4.78, 5) is 15.7. The Hall–Kier alpha value is -2.81. The fraction of sp³-hybridized carbons (Fsp3) is 0.0667. The van der Waals surface area contributed by atoms with Crippen LogP contribution in [0.5, 0.6) is 5.75 Å². The molecule has 5 nitrogen and oxygen atoms in total. The molecule has 0 saturated heterocycles. The Morgan fingerprint density at radius 2 is 2.12 bits per heavy atom. The lowest BCUT2D eigenvalue weighted by Gasteiger charge is -2.08. The molecule has 2 aromatic heterocycles. The second-order valence-electron chi connectivity index (χ2n) is 4.69. The minimum atomic E-state index is -4.76.